The summed E-state index contributed by atoms with van der Waals surface area (Å²) in [6.07, 6.45) is 0.317. The zero-order chi connectivity index (χ0) is 26.4. The smallest absolute Gasteiger partial charge is 0.296 e. The molecule has 194 valence electrons. The molecule has 1 aromatic carbocycles. The molecule has 0 saturated carbocycles. The largest absolute Gasteiger partial charge is 0.483 e. The molecule has 0 radical (unpaired) electrons. The molecule has 2 aromatic heterocycles. The molecular formula is C24H25F2N7O4. The molecule has 3 aromatic rings. The number of nitrogens with zero attached hydrogens (tertiary/aromatic N) is 6. The van der Waals surface area contributed by atoms with E-state index in [-0.39, 0.29) is 42.6 Å². The average molecular weight is 514 g/mol. The molecule has 0 bridgehead atoms. The summed E-state index contributed by atoms with van der Waals surface area (Å²) in [6.45, 7) is -0.939. The Morgan fingerprint density at radius 3 is 2.84 bits per heavy atom. The molecule has 0 amide bonds. The summed E-state index contributed by atoms with van der Waals surface area (Å²) in [7, 11) is 1.50. The molecule has 1 aliphatic heterocycles. The summed E-state index contributed by atoms with van der Waals surface area (Å²) in [5, 5.41) is 31.2. The predicted molar refractivity (Wildman–Crippen MR) is 128 cm³/mol. The Bertz CT molecular complexity index is 1270. The van der Waals surface area contributed by atoms with Gasteiger partial charge in [0.05, 0.1) is 31.9 Å². The van der Waals surface area contributed by atoms with Crippen LogP contribution in [0.1, 0.15) is 12.0 Å². The van der Waals surface area contributed by atoms with Gasteiger partial charge in [0.25, 0.3) is 5.92 Å². The molecule has 2 atom stereocenters. The monoisotopic (exact) mass is 513 g/mol. The number of pyridine rings is 1. The van der Waals surface area contributed by atoms with Gasteiger partial charge in [0, 0.05) is 43.0 Å². The van der Waals surface area contributed by atoms with E-state index in [0.717, 1.165) is 0 Å². The number of ether oxygens (including phenoxy) is 2. The minimum absolute atomic E-state index is 0.0138. The third kappa shape index (κ3) is 6.42. The van der Waals surface area contributed by atoms with Gasteiger partial charge in [-0.05, 0) is 24.3 Å². The number of β-amino-alcohol motifs (C(OH)–C–C–N with tert-alkyl or cyclic N) is 1. The standard InChI is InChI=1S/C24H25F2N7O4/c1-36-21-9-17(4-6-28-21)31-23-30-14-29-22(32-23)15-2-3-19(16(8-15)10-27)37-20-5-7-33(11-18(35)12-34)13-24(20,25)26/h2-4,6,8-9,14,18,20,34-35H,5,7,11-13H2,1H3,(H,28,29,30,31,32)/t18-,20-/m0/s1. The quantitative estimate of drug-likeness (QED) is 0.386. The van der Waals surface area contributed by atoms with Gasteiger partial charge in [-0.3, -0.25) is 4.90 Å². The number of rotatable bonds is 9. The van der Waals surface area contributed by atoms with Crippen LogP contribution in [0.15, 0.2) is 42.9 Å². The first-order valence-corrected chi connectivity index (χ1v) is 11.4. The fourth-order valence-electron chi connectivity index (χ4n) is 3.88. The maximum absolute atomic E-state index is 14.8. The van der Waals surface area contributed by atoms with Crippen molar-refractivity contribution < 1.29 is 28.5 Å². The normalized spacial score (nSPS) is 18.0. The summed E-state index contributed by atoms with van der Waals surface area (Å²) < 4.78 is 40.2. The molecule has 3 heterocycles. The molecule has 1 fully saturated rings. The zero-order valence-electron chi connectivity index (χ0n) is 19.9. The average Bonchev–Trinajstić information content (AvgIpc) is 2.90. The second-order valence-corrected chi connectivity index (χ2v) is 8.40. The first-order chi connectivity index (χ1) is 17.8. The highest BCUT2D eigenvalue weighted by molar-refractivity contribution is 5.63. The van der Waals surface area contributed by atoms with Crippen LogP contribution >= 0.6 is 0 Å². The molecule has 37 heavy (non-hydrogen) atoms. The van der Waals surface area contributed by atoms with Gasteiger partial charge in [0.2, 0.25) is 11.8 Å². The summed E-state index contributed by atoms with van der Waals surface area (Å²) >= 11 is 0. The Labute approximate surface area is 211 Å². The van der Waals surface area contributed by atoms with Crippen molar-refractivity contribution in [3.8, 4) is 29.1 Å². The van der Waals surface area contributed by atoms with Crippen molar-refractivity contribution in [2.75, 3.05) is 38.7 Å². The highest BCUT2D eigenvalue weighted by atomic mass is 19.3. The molecule has 1 saturated heterocycles. The highest BCUT2D eigenvalue weighted by Crippen LogP contribution is 2.33. The lowest BCUT2D eigenvalue weighted by molar-refractivity contribution is -0.144. The number of methoxy groups -OCH3 is 1. The molecule has 13 heteroatoms. The van der Waals surface area contributed by atoms with E-state index in [2.05, 4.69) is 25.3 Å². The van der Waals surface area contributed by atoms with Crippen molar-refractivity contribution in [1.29, 1.82) is 5.26 Å². The molecule has 4 rings (SSSR count). The fourth-order valence-corrected chi connectivity index (χ4v) is 3.88. The predicted octanol–water partition coefficient (Wildman–Crippen LogP) is 2.00. The first kappa shape index (κ1) is 26.1. The van der Waals surface area contributed by atoms with Crippen LogP contribution in [0, 0.1) is 11.3 Å². The molecule has 0 aliphatic carbocycles. The molecule has 1 aliphatic rings. The Hall–Kier alpha value is -3.99. The molecule has 0 unspecified atom stereocenters. The summed E-state index contributed by atoms with van der Waals surface area (Å²) in [6, 6.07) is 9.84. The number of anilines is 2. The Morgan fingerprint density at radius 1 is 1.27 bits per heavy atom. The lowest BCUT2D eigenvalue weighted by Gasteiger charge is -2.38. The number of alkyl halides is 2. The third-order valence-electron chi connectivity index (χ3n) is 5.69. The number of nitrogens with one attached hydrogen (secondary N) is 1. The Morgan fingerprint density at radius 2 is 2.11 bits per heavy atom. The number of aliphatic hydroxyl groups excluding tert-OH is 2. The van der Waals surface area contributed by atoms with Crippen LogP contribution in [-0.4, -0.2) is 86.5 Å². The van der Waals surface area contributed by atoms with Crippen molar-refractivity contribution in [3.05, 3.63) is 48.4 Å². The van der Waals surface area contributed by atoms with E-state index in [4.69, 9.17) is 14.6 Å². The molecule has 11 nitrogen and oxygen atoms in total. The summed E-state index contributed by atoms with van der Waals surface area (Å²) in [5.74, 6) is -2.27. The van der Waals surface area contributed by atoms with Crippen LogP contribution < -0.4 is 14.8 Å². The number of aromatic nitrogens is 4. The Kier molecular flexibility index (Phi) is 8.02. The van der Waals surface area contributed by atoms with Gasteiger partial charge in [0.1, 0.15) is 18.1 Å². The second kappa shape index (κ2) is 11.4. The SMILES string of the molecule is COc1cc(Nc2ncnc(-c3ccc(O[C@H]4CCN(C[C@H](O)CO)CC4(F)F)c(C#N)c3)n2)ccn1. The van der Waals surface area contributed by atoms with Crippen LogP contribution in [-0.2, 0) is 0 Å². The summed E-state index contributed by atoms with van der Waals surface area (Å²) in [4.78, 5) is 18.0. The Balaban J connectivity index is 1.49. The van der Waals surface area contributed by atoms with Crippen molar-refractivity contribution in [2.45, 2.75) is 24.6 Å². The maximum Gasteiger partial charge on any atom is 0.296 e. The fraction of sp³-hybridized carbons (Fsp3) is 0.375. The molecule has 3 N–H and O–H groups in total. The van der Waals surface area contributed by atoms with E-state index in [9.17, 15) is 19.1 Å². The van der Waals surface area contributed by atoms with Crippen molar-refractivity contribution in [3.63, 3.8) is 0 Å². The highest BCUT2D eigenvalue weighted by Gasteiger charge is 2.46. The number of piperidine rings is 1. The van der Waals surface area contributed by atoms with Gasteiger partial charge in [-0.15, -0.1) is 0 Å². The van der Waals surface area contributed by atoms with E-state index in [1.807, 2.05) is 6.07 Å². The van der Waals surface area contributed by atoms with E-state index >= 15 is 0 Å². The molecular weight excluding hydrogens is 488 g/mol. The van der Waals surface area contributed by atoms with E-state index in [1.54, 1.807) is 24.4 Å². The van der Waals surface area contributed by atoms with Crippen LogP contribution in [0.2, 0.25) is 0 Å². The van der Waals surface area contributed by atoms with Crippen LogP contribution in [0.25, 0.3) is 11.4 Å². The van der Waals surface area contributed by atoms with E-state index in [0.29, 0.717) is 17.1 Å². The number of hydrogen-bond acceptors (Lipinski definition) is 11. The topological polar surface area (TPSA) is 150 Å². The van der Waals surface area contributed by atoms with Gasteiger partial charge < -0.3 is 25.0 Å². The number of aliphatic hydroxyl groups is 2. The van der Waals surface area contributed by atoms with Crippen LogP contribution in [0.5, 0.6) is 11.6 Å². The maximum atomic E-state index is 14.8. The van der Waals surface area contributed by atoms with E-state index < -0.39 is 31.3 Å². The van der Waals surface area contributed by atoms with Crippen LogP contribution in [0.4, 0.5) is 20.4 Å². The van der Waals surface area contributed by atoms with Crippen molar-refractivity contribution >= 4 is 11.6 Å². The van der Waals surface area contributed by atoms with Gasteiger partial charge >= 0.3 is 0 Å². The van der Waals surface area contributed by atoms with Crippen LogP contribution in [0.3, 0.4) is 0 Å². The number of likely N-dealkylation sites (tertiary alicyclic amines) is 1. The zero-order valence-corrected chi connectivity index (χ0v) is 19.9. The number of benzene rings is 1. The number of hydrogen-bond donors (Lipinski definition) is 3. The number of halogens is 2. The second-order valence-electron chi connectivity index (χ2n) is 8.40. The number of nitriles is 1. The minimum Gasteiger partial charge on any atom is -0.483 e. The molecule has 0 spiro atoms. The van der Waals surface area contributed by atoms with Gasteiger partial charge in [-0.25, -0.2) is 23.7 Å². The lowest BCUT2D eigenvalue weighted by atomic mass is 10.0. The van der Waals surface area contributed by atoms with Gasteiger partial charge in [-0.2, -0.15) is 10.2 Å². The lowest BCUT2D eigenvalue weighted by Crippen LogP contribution is -2.55. The van der Waals surface area contributed by atoms with E-state index in [1.165, 1.54) is 30.5 Å². The van der Waals surface area contributed by atoms with Crippen molar-refractivity contribution in [2.24, 2.45) is 0 Å². The minimum atomic E-state index is -3.22. The van der Waals surface area contributed by atoms with Crippen molar-refractivity contribution in [1.82, 2.24) is 24.8 Å². The van der Waals surface area contributed by atoms with Gasteiger partial charge in [-0.1, -0.05) is 0 Å². The third-order valence-corrected chi connectivity index (χ3v) is 5.69. The van der Waals surface area contributed by atoms with Gasteiger partial charge in [0.15, 0.2) is 11.9 Å². The summed E-state index contributed by atoms with van der Waals surface area (Å²) in [5.41, 5.74) is 1.17. The first-order valence-electron chi connectivity index (χ1n) is 11.4.